The van der Waals surface area contributed by atoms with Crippen molar-refractivity contribution in [3.8, 4) is 5.75 Å². The molecule has 1 fully saturated rings. The first-order valence-corrected chi connectivity index (χ1v) is 9.81. The molecular formula is C21H25FN2O6. The number of aromatic nitrogens is 2. The minimum atomic E-state index is -1.73. The molecule has 0 radical (unpaired) electrons. The maximum Gasteiger partial charge on any atom is 0.333 e. The van der Waals surface area contributed by atoms with Crippen molar-refractivity contribution >= 4 is 6.29 Å². The van der Waals surface area contributed by atoms with Crippen molar-refractivity contribution in [2.45, 2.75) is 50.9 Å². The van der Waals surface area contributed by atoms with Gasteiger partial charge in [0.1, 0.15) is 18.0 Å². The number of carbonyl (C=O) groups excluding carboxylic acids is 1. The molecule has 30 heavy (non-hydrogen) atoms. The van der Waals surface area contributed by atoms with Crippen LogP contribution in [0.25, 0.3) is 0 Å². The van der Waals surface area contributed by atoms with Gasteiger partial charge < -0.3 is 19.0 Å². The largest absolute Gasteiger partial charge is 0.497 e. The number of benzene rings is 1. The molecule has 162 valence electrons. The minimum absolute atomic E-state index is 0.000287. The minimum Gasteiger partial charge on any atom is -0.497 e. The molecule has 1 aliphatic heterocycles. The molecule has 1 saturated heterocycles. The molecule has 9 heteroatoms. The zero-order chi connectivity index (χ0) is 21.7. The number of alkyl halides is 1. The monoisotopic (exact) mass is 420 g/mol. The van der Waals surface area contributed by atoms with Crippen molar-refractivity contribution in [1.82, 2.24) is 9.13 Å². The highest BCUT2D eigenvalue weighted by molar-refractivity contribution is 5.58. The van der Waals surface area contributed by atoms with E-state index in [1.54, 1.807) is 24.3 Å². The fraction of sp³-hybridized carbons (Fsp3) is 0.476. The van der Waals surface area contributed by atoms with Crippen LogP contribution >= 0.6 is 0 Å². The smallest absolute Gasteiger partial charge is 0.333 e. The molecule has 0 saturated carbocycles. The Morgan fingerprint density at radius 1 is 1.20 bits per heavy atom. The van der Waals surface area contributed by atoms with Crippen LogP contribution in [-0.2, 0) is 20.8 Å². The van der Waals surface area contributed by atoms with Crippen molar-refractivity contribution in [2.75, 3.05) is 13.7 Å². The summed E-state index contributed by atoms with van der Waals surface area (Å²) >= 11 is 0. The second-order valence-corrected chi connectivity index (χ2v) is 7.04. The number of hydrogen-bond acceptors (Lipinski definition) is 6. The summed E-state index contributed by atoms with van der Waals surface area (Å²) in [6.07, 6.45) is -2.10. The third-order valence-electron chi connectivity index (χ3n) is 5.02. The van der Waals surface area contributed by atoms with Gasteiger partial charge in [-0.1, -0.05) is 25.5 Å². The zero-order valence-corrected chi connectivity index (χ0v) is 16.9. The molecule has 0 spiro atoms. The summed E-state index contributed by atoms with van der Waals surface area (Å²) < 4.78 is 33.1. The Morgan fingerprint density at radius 3 is 2.57 bits per heavy atom. The molecule has 3 rings (SSSR count). The van der Waals surface area contributed by atoms with Crippen molar-refractivity contribution in [1.29, 1.82) is 0 Å². The summed E-state index contributed by atoms with van der Waals surface area (Å²) in [4.78, 5) is 36.6. The fourth-order valence-electron chi connectivity index (χ4n) is 3.32. The predicted molar refractivity (Wildman–Crippen MR) is 107 cm³/mol. The number of nitrogens with zero attached hydrogens (tertiary/aromatic N) is 2. The van der Waals surface area contributed by atoms with Crippen molar-refractivity contribution in [3.63, 3.8) is 0 Å². The average Bonchev–Trinajstić information content (AvgIpc) is 3.07. The lowest BCUT2D eigenvalue weighted by atomic mass is 10.1. The van der Waals surface area contributed by atoms with Gasteiger partial charge in [0.15, 0.2) is 18.7 Å². The van der Waals surface area contributed by atoms with Crippen LogP contribution in [0.4, 0.5) is 4.39 Å². The molecule has 2 aromatic rings. The van der Waals surface area contributed by atoms with Crippen LogP contribution in [0.15, 0.2) is 46.1 Å². The third kappa shape index (κ3) is 4.52. The van der Waals surface area contributed by atoms with Gasteiger partial charge in [-0.25, -0.2) is 9.18 Å². The van der Waals surface area contributed by atoms with Crippen LogP contribution in [-0.4, -0.2) is 47.5 Å². The van der Waals surface area contributed by atoms with Crippen molar-refractivity contribution in [3.05, 3.63) is 62.9 Å². The Morgan fingerprint density at radius 2 is 1.93 bits per heavy atom. The number of halogens is 1. The molecule has 8 nitrogen and oxygen atoms in total. The number of aldehydes is 1. The van der Waals surface area contributed by atoms with Crippen molar-refractivity contribution < 1.29 is 23.4 Å². The Kier molecular flexibility index (Phi) is 7.17. The van der Waals surface area contributed by atoms with Gasteiger partial charge >= 0.3 is 5.69 Å². The molecule has 1 aromatic carbocycles. The fourth-order valence-corrected chi connectivity index (χ4v) is 3.32. The molecule has 0 bridgehead atoms. The lowest BCUT2D eigenvalue weighted by molar-refractivity contribution is -0.124. The molecule has 0 aliphatic carbocycles. The van der Waals surface area contributed by atoms with Crippen LogP contribution < -0.4 is 16.0 Å². The molecule has 0 N–H and O–H groups in total. The lowest BCUT2D eigenvalue weighted by Crippen LogP contribution is -2.42. The SMILES string of the molecule is CCCCO[C@H]1[C@@H](F)[C@H](n2ccc(=O)n(Cc3ccc(OC)cc3)c2=O)O[C@@H]1C=O. The second kappa shape index (κ2) is 9.82. The predicted octanol–water partition coefficient (Wildman–Crippen LogP) is 1.69. The standard InChI is InChI=1S/C21H25FN2O6/c1-3-4-11-29-19-16(13-25)30-20(18(19)22)23-10-9-17(26)24(21(23)27)12-14-5-7-15(28-2)8-6-14/h5-10,13,16,18-20H,3-4,11-12H2,1-2H3/t16-,18-,19-,20-/m1/s1. The highest BCUT2D eigenvalue weighted by Crippen LogP contribution is 2.32. The second-order valence-electron chi connectivity index (χ2n) is 7.04. The summed E-state index contributed by atoms with van der Waals surface area (Å²) in [6, 6.07) is 8.05. The number of carbonyl (C=O) groups is 1. The molecule has 0 amide bonds. The van der Waals surface area contributed by atoms with Gasteiger partial charge in [-0.2, -0.15) is 0 Å². The maximum atomic E-state index is 15.1. The molecular weight excluding hydrogens is 395 g/mol. The quantitative estimate of drug-likeness (QED) is 0.453. The van der Waals surface area contributed by atoms with E-state index >= 15 is 4.39 Å². The summed E-state index contributed by atoms with van der Waals surface area (Å²) in [7, 11) is 1.54. The van der Waals surface area contributed by atoms with Crippen LogP contribution in [0.3, 0.4) is 0 Å². The van der Waals surface area contributed by atoms with E-state index in [1.807, 2.05) is 6.92 Å². The number of rotatable bonds is 9. The average molecular weight is 420 g/mol. The molecule has 0 unspecified atom stereocenters. The number of unbranched alkanes of at least 4 members (excludes halogenated alkanes) is 1. The molecule has 1 aromatic heterocycles. The van der Waals surface area contributed by atoms with E-state index in [4.69, 9.17) is 14.2 Å². The third-order valence-corrected chi connectivity index (χ3v) is 5.02. The Bertz CT molecular complexity index is 971. The summed E-state index contributed by atoms with van der Waals surface area (Å²) in [5.74, 6) is 0.644. The Balaban J connectivity index is 1.87. The van der Waals surface area contributed by atoms with Gasteiger partial charge in [0.2, 0.25) is 0 Å². The van der Waals surface area contributed by atoms with E-state index in [-0.39, 0.29) is 13.2 Å². The van der Waals surface area contributed by atoms with E-state index in [0.717, 1.165) is 15.6 Å². The normalized spacial score (nSPS) is 23.4. The topological polar surface area (TPSA) is 88.8 Å². The molecule has 1 aliphatic rings. The van der Waals surface area contributed by atoms with Gasteiger partial charge in [0.25, 0.3) is 5.56 Å². The van der Waals surface area contributed by atoms with Crippen LogP contribution in [0.1, 0.15) is 31.6 Å². The molecule has 2 heterocycles. The zero-order valence-electron chi connectivity index (χ0n) is 16.9. The first-order valence-electron chi connectivity index (χ1n) is 9.81. The van der Waals surface area contributed by atoms with E-state index in [9.17, 15) is 14.4 Å². The van der Waals surface area contributed by atoms with Crippen LogP contribution in [0.5, 0.6) is 5.75 Å². The Hall–Kier alpha value is -2.78. The summed E-state index contributed by atoms with van der Waals surface area (Å²) in [6.45, 7) is 2.25. The highest BCUT2D eigenvalue weighted by atomic mass is 19.1. The van der Waals surface area contributed by atoms with Gasteiger partial charge in [-0.05, 0) is 24.1 Å². The number of methoxy groups -OCH3 is 1. The van der Waals surface area contributed by atoms with E-state index in [0.29, 0.717) is 24.0 Å². The number of hydrogen-bond donors (Lipinski definition) is 0. The first-order chi connectivity index (χ1) is 14.5. The Labute approximate surface area is 172 Å². The van der Waals surface area contributed by atoms with Gasteiger partial charge in [-0.3, -0.25) is 13.9 Å². The van der Waals surface area contributed by atoms with Crippen molar-refractivity contribution in [2.24, 2.45) is 0 Å². The van der Waals surface area contributed by atoms with E-state index in [2.05, 4.69) is 0 Å². The summed E-state index contributed by atoms with van der Waals surface area (Å²) in [5.41, 5.74) is -0.559. The van der Waals surface area contributed by atoms with E-state index < -0.39 is 35.9 Å². The molecule has 4 atom stereocenters. The van der Waals surface area contributed by atoms with Gasteiger partial charge in [-0.15, -0.1) is 0 Å². The summed E-state index contributed by atoms with van der Waals surface area (Å²) in [5, 5.41) is 0. The lowest BCUT2D eigenvalue weighted by Gasteiger charge is -2.18. The van der Waals surface area contributed by atoms with Crippen LogP contribution in [0, 0.1) is 0 Å². The highest BCUT2D eigenvalue weighted by Gasteiger charge is 2.47. The van der Waals surface area contributed by atoms with E-state index in [1.165, 1.54) is 19.4 Å². The van der Waals surface area contributed by atoms with Gasteiger partial charge in [0.05, 0.1) is 13.7 Å². The van der Waals surface area contributed by atoms with Gasteiger partial charge in [0, 0.05) is 18.9 Å². The van der Waals surface area contributed by atoms with Crippen LogP contribution in [0.2, 0.25) is 0 Å². The first kappa shape index (κ1) is 21.9. The number of ether oxygens (including phenoxy) is 3. The maximum absolute atomic E-state index is 15.1.